The predicted octanol–water partition coefficient (Wildman–Crippen LogP) is 5.41. The summed E-state index contributed by atoms with van der Waals surface area (Å²) in [5.74, 6) is -0.305. The van der Waals surface area contributed by atoms with Crippen molar-refractivity contribution in [1.82, 2.24) is 9.88 Å². The van der Waals surface area contributed by atoms with Crippen LogP contribution in [0.1, 0.15) is 44.0 Å². The smallest absolute Gasteiger partial charge is 0.347 e. The summed E-state index contributed by atoms with van der Waals surface area (Å²) in [4.78, 5) is 12.9. The second-order valence-electron chi connectivity index (χ2n) is 7.27. The summed E-state index contributed by atoms with van der Waals surface area (Å²) in [6.45, 7) is 6.38. The Morgan fingerprint density at radius 1 is 0.966 bits per heavy atom. The molecule has 3 aromatic rings. The third kappa shape index (κ3) is 4.88. The first-order valence-electron chi connectivity index (χ1n) is 9.32. The SMILES string of the molecule is Cc1cccc(Cn2c(C)cc(C)c2C(=O)NCc2cccc(C(F)(F)F)c2)c1. The summed E-state index contributed by atoms with van der Waals surface area (Å²) >= 11 is 0. The largest absolute Gasteiger partial charge is 0.416 e. The van der Waals surface area contributed by atoms with Crippen molar-refractivity contribution in [1.29, 1.82) is 0 Å². The number of amides is 1. The average molecular weight is 400 g/mol. The number of halogens is 3. The quantitative estimate of drug-likeness (QED) is 0.610. The van der Waals surface area contributed by atoms with E-state index in [0.29, 0.717) is 17.8 Å². The Morgan fingerprint density at radius 2 is 1.66 bits per heavy atom. The molecule has 0 bridgehead atoms. The molecule has 0 aliphatic heterocycles. The van der Waals surface area contributed by atoms with Gasteiger partial charge in [0, 0.05) is 18.8 Å². The highest BCUT2D eigenvalue weighted by molar-refractivity contribution is 5.94. The van der Waals surface area contributed by atoms with Crippen molar-refractivity contribution in [2.45, 2.75) is 40.0 Å². The molecular weight excluding hydrogens is 377 g/mol. The number of aryl methyl sites for hydroxylation is 3. The van der Waals surface area contributed by atoms with Crippen molar-refractivity contribution < 1.29 is 18.0 Å². The molecule has 0 radical (unpaired) electrons. The van der Waals surface area contributed by atoms with E-state index in [1.165, 1.54) is 6.07 Å². The van der Waals surface area contributed by atoms with Gasteiger partial charge < -0.3 is 9.88 Å². The molecule has 0 aliphatic carbocycles. The molecule has 0 unspecified atom stereocenters. The Bertz CT molecular complexity index is 1030. The lowest BCUT2D eigenvalue weighted by molar-refractivity contribution is -0.137. The number of carbonyl (C=O) groups is 1. The van der Waals surface area contributed by atoms with E-state index in [2.05, 4.69) is 11.4 Å². The third-order valence-electron chi connectivity index (χ3n) is 4.84. The second-order valence-corrected chi connectivity index (χ2v) is 7.27. The highest BCUT2D eigenvalue weighted by atomic mass is 19.4. The molecule has 0 fully saturated rings. The van der Waals surface area contributed by atoms with Gasteiger partial charge in [-0.05, 0) is 55.7 Å². The maximum absolute atomic E-state index is 12.9. The van der Waals surface area contributed by atoms with Crippen LogP contribution in [0.3, 0.4) is 0 Å². The van der Waals surface area contributed by atoms with Gasteiger partial charge >= 0.3 is 6.18 Å². The first-order chi connectivity index (χ1) is 13.6. The summed E-state index contributed by atoms with van der Waals surface area (Å²) in [5.41, 5.74) is 4.20. The first-order valence-corrected chi connectivity index (χ1v) is 9.32. The van der Waals surface area contributed by atoms with Crippen LogP contribution >= 0.6 is 0 Å². The highest BCUT2D eigenvalue weighted by Crippen LogP contribution is 2.29. The molecule has 3 nitrogen and oxygen atoms in total. The molecule has 29 heavy (non-hydrogen) atoms. The van der Waals surface area contributed by atoms with Crippen LogP contribution in [0.4, 0.5) is 13.2 Å². The zero-order valence-electron chi connectivity index (χ0n) is 16.6. The molecule has 0 spiro atoms. The van der Waals surface area contributed by atoms with Crippen molar-refractivity contribution in [2.75, 3.05) is 0 Å². The molecule has 1 N–H and O–H groups in total. The number of hydrogen-bond acceptors (Lipinski definition) is 1. The molecule has 0 atom stereocenters. The number of rotatable bonds is 5. The fourth-order valence-corrected chi connectivity index (χ4v) is 3.47. The summed E-state index contributed by atoms with van der Waals surface area (Å²) in [6, 6.07) is 15.0. The van der Waals surface area contributed by atoms with Crippen LogP contribution in [0.25, 0.3) is 0 Å². The fourth-order valence-electron chi connectivity index (χ4n) is 3.47. The maximum atomic E-state index is 12.9. The summed E-state index contributed by atoms with van der Waals surface area (Å²) in [5, 5.41) is 2.76. The van der Waals surface area contributed by atoms with Gasteiger partial charge in [0.05, 0.1) is 5.56 Å². The summed E-state index contributed by atoms with van der Waals surface area (Å²) < 4.78 is 40.6. The van der Waals surface area contributed by atoms with Gasteiger partial charge in [-0.15, -0.1) is 0 Å². The van der Waals surface area contributed by atoms with E-state index in [-0.39, 0.29) is 12.5 Å². The Labute approximate surface area is 168 Å². The Kier molecular flexibility index (Phi) is 5.82. The van der Waals surface area contributed by atoms with E-state index < -0.39 is 11.7 Å². The van der Waals surface area contributed by atoms with E-state index in [0.717, 1.165) is 34.5 Å². The lowest BCUT2D eigenvalue weighted by Gasteiger charge is -2.14. The average Bonchev–Trinajstić information content (AvgIpc) is 2.92. The molecule has 1 heterocycles. The van der Waals surface area contributed by atoms with Crippen molar-refractivity contribution >= 4 is 5.91 Å². The normalized spacial score (nSPS) is 11.5. The van der Waals surface area contributed by atoms with Crippen LogP contribution in [0.15, 0.2) is 54.6 Å². The Balaban J connectivity index is 1.79. The van der Waals surface area contributed by atoms with Crippen LogP contribution in [0.2, 0.25) is 0 Å². The molecule has 2 aromatic carbocycles. The number of carbonyl (C=O) groups excluding carboxylic acids is 1. The molecular formula is C23H23F3N2O. The Hall–Kier alpha value is -3.02. The highest BCUT2D eigenvalue weighted by Gasteiger charge is 2.30. The van der Waals surface area contributed by atoms with E-state index in [9.17, 15) is 18.0 Å². The third-order valence-corrected chi connectivity index (χ3v) is 4.84. The van der Waals surface area contributed by atoms with Crippen molar-refractivity contribution in [3.05, 3.63) is 93.8 Å². The standard InChI is InChI=1S/C23H23F3N2O/c1-15-6-4-8-19(10-15)14-28-17(3)11-16(2)21(28)22(29)27-13-18-7-5-9-20(12-18)23(24,25)26/h4-12H,13-14H2,1-3H3,(H,27,29). The van der Waals surface area contributed by atoms with Crippen molar-refractivity contribution in [2.24, 2.45) is 0 Å². The molecule has 3 rings (SSSR count). The number of nitrogens with zero attached hydrogens (tertiary/aromatic N) is 1. The van der Waals surface area contributed by atoms with Gasteiger partial charge in [-0.2, -0.15) is 13.2 Å². The minimum atomic E-state index is -4.41. The number of aromatic nitrogens is 1. The van der Waals surface area contributed by atoms with E-state index in [4.69, 9.17) is 0 Å². The summed E-state index contributed by atoms with van der Waals surface area (Å²) in [7, 11) is 0. The zero-order chi connectivity index (χ0) is 21.2. The fraction of sp³-hybridized carbons (Fsp3) is 0.261. The van der Waals surface area contributed by atoms with Gasteiger partial charge in [-0.3, -0.25) is 4.79 Å². The number of benzene rings is 2. The van der Waals surface area contributed by atoms with E-state index in [1.807, 2.05) is 49.6 Å². The zero-order valence-corrected chi connectivity index (χ0v) is 16.6. The lowest BCUT2D eigenvalue weighted by atomic mass is 10.1. The van der Waals surface area contributed by atoms with Crippen molar-refractivity contribution in [3.8, 4) is 0 Å². The van der Waals surface area contributed by atoms with Crippen molar-refractivity contribution in [3.63, 3.8) is 0 Å². The molecule has 6 heteroatoms. The van der Waals surface area contributed by atoms with Gasteiger partial charge in [0.15, 0.2) is 0 Å². The number of hydrogen-bond donors (Lipinski definition) is 1. The van der Waals surface area contributed by atoms with Gasteiger partial charge in [-0.1, -0.05) is 42.0 Å². The van der Waals surface area contributed by atoms with Crippen LogP contribution in [-0.2, 0) is 19.3 Å². The second kappa shape index (κ2) is 8.15. The van der Waals surface area contributed by atoms with Gasteiger partial charge in [0.25, 0.3) is 5.91 Å². The monoisotopic (exact) mass is 400 g/mol. The number of nitrogens with one attached hydrogen (secondary N) is 1. The van der Waals surface area contributed by atoms with Gasteiger partial charge in [-0.25, -0.2) is 0 Å². The molecule has 0 saturated carbocycles. The molecule has 1 aromatic heterocycles. The molecule has 0 saturated heterocycles. The minimum absolute atomic E-state index is 0.0247. The van der Waals surface area contributed by atoms with E-state index >= 15 is 0 Å². The predicted molar refractivity (Wildman–Crippen MR) is 107 cm³/mol. The Morgan fingerprint density at radius 3 is 2.34 bits per heavy atom. The van der Waals surface area contributed by atoms with Crippen LogP contribution in [0.5, 0.6) is 0 Å². The van der Waals surface area contributed by atoms with Gasteiger partial charge in [0.1, 0.15) is 5.69 Å². The molecule has 0 aliphatic rings. The van der Waals surface area contributed by atoms with Crippen LogP contribution in [0, 0.1) is 20.8 Å². The van der Waals surface area contributed by atoms with E-state index in [1.54, 1.807) is 6.07 Å². The van der Waals surface area contributed by atoms with Crippen LogP contribution in [-0.4, -0.2) is 10.5 Å². The maximum Gasteiger partial charge on any atom is 0.416 e. The number of alkyl halides is 3. The molecule has 152 valence electrons. The first kappa shape index (κ1) is 20.7. The van der Waals surface area contributed by atoms with Crippen LogP contribution < -0.4 is 5.32 Å². The lowest BCUT2D eigenvalue weighted by Crippen LogP contribution is -2.27. The topological polar surface area (TPSA) is 34.0 Å². The summed E-state index contributed by atoms with van der Waals surface area (Å²) in [6.07, 6.45) is -4.41. The minimum Gasteiger partial charge on any atom is -0.347 e. The molecule has 1 amide bonds. The van der Waals surface area contributed by atoms with Gasteiger partial charge in [0.2, 0.25) is 0 Å².